The molecule has 1 N–H and O–H groups in total. The molecule has 27 heavy (non-hydrogen) atoms. The number of aromatic nitrogens is 2. The van der Waals surface area contributed by atoms with Crippen LogP contribution in [0.1, 0.15) is 22.5 Å². The summed E-state index contributed by atoms with van der Waals surface area (Å²) in [7, 11) is 0. The number of carbonyl (C=O) groups is 1. The summed E-state index contributed by atoms with van der Waals surface area (Å²) >= 11 is 6.26. The van der Waals surface area contributed by atoms with Crippen molar-refractivity contribution in [3.05, 3.63) is 58.9 Å². The molecule has 0 aliphatic carbocycles. The van der Waals surface area contributed by atoms with Crippen LogP contribution in [0.25, 0.3) is 10.9 Å². The largest absolute Gasteiger partial charge is 0.471 e. The second-order valence-corrected chi connectivity index (χ2v) is 6.80. The summed E-state index contributed by atoms with van der Waals surface area (Å²) in [4.78, 5) is 21.4. The summed E-state index contributed by atoms with van der Waals surface area (Å²) in [6, 6.07) is 11.1. The molecule has 1 amide bonds. The number of para-hydroxylation sites is 1. The first-order chi connectivity index (χ1) is 13.1. The zero-order chi connectivity index (χ0) is 18.8. The third-order valence-corrected chi connectivity index (χ3v) is 4.60. The molecule has 1 aromatic carbocycles. The first-order valence-electron chi connectivity index (χ1n) is 8.68. The number of carbonyl (C=O) groups excluding carboxylic acids is 1. The maximum atomic E-state index is 12.7. The van der Waals surface area contributed by atoms with Crippen LogP contribution in [0.3, 0.4) is 0 Å². The molecule has 1 aliphatic heterocycles. The van der Waals surface area contributed by atoms with Gasteiger partial charge in [-0.15, -0.1) is 0 Å². The van der Waals surface area contributed by atoms with Crippen LogP contribution in [0.5, 0.6) is 5.88 Å². The van der Waals surface area contributed by atoms with Crippen molar-refractivity contribution in [1.29, 1.82) is 0 Å². The van der Waals surface area contributed by atoms with E-state index in [1.807, 2.05) is 37.3 Å². The van der Waals surface area contributed by atoms with E-state index in [1.165, 1.54) is 6.20 Å². The Morgan fingerprint density at radius 3 is 2.96 bits per heavy atom. The number of anilines is 1. The number of benzene rings is 1. The number of ether oxygens (including phenoxy) is 2. The number of amides is 1. The molecule has 0 saturated carbocycles. The zero-order valence-corrected chi connectivity index (χ0v) is 15.5. The normalized spacial score (nSPS) is 16.4. The molecule has 0 bridgehead atoms. The quantitative estimate of drug-likeness (QED) is 0.736. The monoisotopic (exact) mass is 383 g/mol. The van der Waals surface area contributed by atoms with Crippen molar-refractivity contribution in [1.82, 2.24) is 9.97 Å². The molecule has 1 saturated heterocycles. The molecule has 1 atom stereocenters. The number of hydrogen-bond acceptors (Lipinski definition) is 5. The van der Waals surface area contributed by atoms with E-state index in [2.05, 4.69) is 15.3 Å². The van der Waals surface area contributed by atoms with Gasteiger partial charge in [-0.2, -0.15) is 0 Å². The SMILES string of the molecule is Cc1cc(NC(=O)c2cnc(OC3CCOC3)c(Cl)c2)c2ccccc2n1. The van der Waals surface area contributed by atoms with Gasteiger partial charge in [0.2, 0.25) is 5.88 Å². The number of hydrogen-bond donors (Lipinski definition) is 1. The number of halogens is 1. The summed E-state index contributed by atoms with van der Waals surface area (Å²) < 4.78 is 11.0. The van der Waals surface area contributed by atoms with Gasteiger partial charge in [-0.3, -0.25) is 9.78 Å². The first kappa shape index (κ1) is 17.7. The van der Waals surface area contributed by atoms with Crippen molar-refractivity contribution < 1.29 is 14.3 Å². The van der Waals surface area contributed by atoms with Crippen LogP contribution in [0.4, 0.5) is 5.69 Å². The van der Waals surface area contributed by atoms with E-state index in [4.69, 9.17) is 21.1 Å². The Balaban J connectivity index is 1.56. The van der Waals surface area contributed by atoms with Crippen molar-refractivity contribution in [3.63, 3.8) is 0 Å². The summed E-state index contributed by atoms with van der Waals surface area (Å²) in [5.41, 5.74) is 2.70. The molecular formula is C20H18ClN3O3. The number of nitrogens with one attached hydrogen (secondary N) is 1. The van der Waals surface area contributed by atoms with E-state index in [0.717, 1.165) is 23.0 Å². The van der Waals surface area contributed by atoms with Gasteiger partial charge < -0.3 is 14.8 Å². The molecule has 4 rings (SSSR count). The van der Waals surface area contributed by atoms with Crippen LogP contribution in [-0.2, 0) is 4.74 Å². The van der Waals surface area contributed by atoms with Crippen molar-refractivity contribution in [3.8, 4) is 5.88 Å². The van der Waals surface area contributed by atoms with Gasteiger partial charge in [-0.25, -0.2) is 4.98 Å². The first-order valence-corrected chi connectivity index (χ1v) is 9.05. The van der Waals surface area contributed by atoms with E-state index < -0.39 is 0 Å². The minimum atomic E-state index is -0.295. The average Bonchev–Trinajstić information content (AvgIpc) is 3.16. The fourth-order valence-electron chi connectivity index (χ4n) is 3.01. The van der Waals surface area contributed by atoms with Crippen molar-refractivity contribution in [2.24, 2.45) is 0 Å². The van der Waals surface area contributed by atoms with Crippen molar-refractivity contribution in [2.45, 2.75) is 19.4 Å². The van der Waals surface area contributed by atoms with E-state index in [-0.39, 0.29) is 12.0 Å². The highest BCUT2D eigenvalue weighted by atomic mass is 35.5. The number of pyridine rings is 2. The Hall–Kier alpha value is -2.70. The third kappa shape index (κ3) is 3.86. The van der Waals surface area contributed by atoms with Crippen LogP contribution < -0.4 is 10.1 Å². The standard InChI is InChI=1S/C20H18ClN3O3/c1-12-8-18(15-4-2-3-5-17(15)23-12)24-19(25)13-9-16(21)20(22-10-13)27-14-6-7-26-11-14/h2-5,8-10,14H,6-7,11H2,1H3,(H,23,24,25). The number of fused-ring (bicyclic) bond motifs is 1. The molecule has 6 nitrogen and oxygen atoms in total. The number of nitrogens with zero attached hydrogens (tertiary/aromatic N) is 2. The number of rotatable bonds is 4. The molecule has 7 heteroatoms. The lowest BCUT2D eigenvalue weighted by Gasteiger charge is -2.13. The maximum absolute atomic E-state index is 12.7. The lowest BCUT2D eigenvalue weighted by molar-refractivity contribution is 0.102. The van der Waals surface area contributed by atoms with Gasteiger partial charge in [-0.05, 0) is 25.1 Å². The van der Waals surface area contributed by atoms with Gasteiger partial charge in [0.25, 0.3) is 5.91 Å². The van der Waals surface area contributed by atoms with E-state index in [1.54, 1.807) is 6.07 Å². The molecule has 0 spiro atoms. The highest BCUT2D eigenvalue weighted by Gasteiger charge is 2.20. The molecule has 3 aromatic rings. The minimum Gasteiger partial charge on any atom is -0.471 e. The molecule has 1 aliphatic rings. The van der Waals surface area contributed by atoms with Gasteiger partial charge in [-0.1, -0.05) is 29.8 Å². The second-order valence-electron chi connectivity index (χ2n) is 6.40. The summed E-state index contributed by atoms with van der Waals surface area (Å²) in [5.74, 6) is 0.0184. The van der Waals surface area contributed by atoms with Gasteiger partial charge >= 0.3 is 0 Å². The molecule has 1 fully saturated rings. The molecule has 1 unspecified atom stereocenters. The highest BCUT2D eigenvalue weighted by molar-refractivity contribution is 6.32. The predicted molar refractivity (Wildman–Crippen MR) is 104 cm³/mol. The fourth-order valence-corrected chi connectivity index (χ4v) is 3.22. The molecule has 0 radical (unpaired) electrons. The Morgan fingerprint density at radius 2 is 2.19 bits per heavy atom. The molecular weight excluding hydrogens is 366 g/mol. The molecule has 3 heterocycles. The van der Waals surface area contributed by atoms with Crippen molar-refractivity contribution in [2.75, 3.05) is 18.5 Å². The van der Waals surface area contributed by atoms with Crippen LogP contribution in [0.2, 0.25) is 5.02 Å². The zero-order valence-electron chi connectivity index (χ0n) is 14.7. The van der Waals surface area contributed by atoms with Gasteiger partial charge in [0.1, 0.15) is 11.1 Å². The van der Waals surface area contributed by atoms with Crippen LogP contribution in [0.15, 0.2) is 42.6 Å². The summed E-state index contributed by atoms with van der Waals surface area (Å²) in [6.07, 6.45) is 2.21. The summed E-state index contributed by atoms with van der Waals surface area (Å²) in [5, 5.41) is 4.09. The smallest absolute Gasteiger partial charge is 0.257 e. The minimum absolute atomic E-state index is 0.0548. The van der Waals surface area contributed by atoms with Gasteiger partial charge in [0, 0.05) is 23.7 Å². The molecule has 2 aromatic heterocycles. The van der Waals surface area contributed by atoms with E-state index >= 15 is 0 Å². The van der Waals surface area contributed by atoms with E-state index in [9.17, 15) is 4.79 Å². The Morgan fingerprint density at radius 1 is 1.33 bits per heavy atom. The van der Waals surface area contributed by atoms with Gasteiger partial charge in [0.05, 0.1) is 30.0 Å². The average molecular weight is 384 g/mol. The summed E-state index contributed by atoms with van der Waals surface area (Å²) in [6.45, 7) is 3.08. The Kier molecular flexibility index (Phi) is 4.92. The number of aryl methyl sites for hydroxylation is 1. The third-order valence-electron chi connectivity index (χ3n) is 4.33. The fraction of sp³-hybridized carbons (Fsp3) is 0.250. The topological polar surface area (TPSA) is 73.3 Å². The highest BCUT2D eigenvalue weighted by Crippen LogP contribution is 2.27. The van der Waals surface area contributed by atoms with E-state index in [0.29, 0.717) is 35.4 Å². The Labute approximate surface area is 161 Å². The predicted octanol–water partition coefficient (Wildman–Crippen LogP) is 4.01. The van der Waals surface area contributed by atoms with Crippen LogP contribution in [0, 0.1) is 6.92 Å². The maximum Gasteiger partial charge on any atom is 0.257 e. The van der Waals surface area contributed by atoms with Gasteiger partial charge in [0.15, 0.2) is 0 Å². The van der Waals surface area contributed by atoms with Crippen LogP contribution in [-0.4, -0.2) is 35.2 Å². The molecule has 138 valence electrons. The van der Waals surface area contributed by atoms with Crippen LogP contribution >= 0.6 is 11.6 Å². The second kappa shape index (κ2) is 7.50. The lowest BCUT2D eigenvalue weighted by Crippen LogP contribution is -2.17. The Bertz CT molecular complexity index is 1000. The van der Waals surface area contributed by atoms with Crippen molar-refractivity contribution >= 4 is 34.1 Å². The lowest BCUT2D eigenvalue weighted by atomic mass is 10.1.